The zero-order chi connectivity index (χ0) is 19.7. The van der Waals surface area contributed by atoms with Crippen molar-refractivity contribution in [3.8, 4) is 11.3 Å². The highest BCUT2D eigenvalue weighted by Crippen LogP contribution is 2.20. The first-order chi connectivity index (χ1) is 12.4. The van der Waals surface area contributed by atoms with E-state index >= 15 is 0 Å². The first-order valence-corrected chi connectivity index (χ1v) is 8.35. The van der Waals surface area contributed by atoms with Crippen molar-refractivity contribution in [2.75, 3.05) is 12.8 Å². The molecule has 0 radical (unpaired) electrons. The molecule has 1 aromatic carbocycles. The van der Waals surface area contributed by atoms with Crippen LogP contribution in [0.15, 0.2) is 48.8 Å². The molecule has 26 heavy (non-hydrogen) atoms. The van der Waals surface area contributed by atoms with Crippen LogP contribution in [0.5, 0.6) is 0 Å². The lowest BCUT2D eigenvalue weighted by atomic mass is 10.1. The molecule has 138 valence electrons. The molecule has 0 atom stereocenters. The largest absolute Gasteiger partial charge is 0.465 e. The van der Waals surface area contributed by atoms with Gasteiger partial charge in [-0.1, -0.05) is 32.0 Å². The number of rotatable bonds is 2. The zero-order valence-electron chi connectivity index (χ0n) is 15.9. The van der Waals surface area contributed by atoms with E-state index in [9.17, 15) is 4.79 Å². The van der Waals surface area contributed by atoms with Crippen LogP contribution >= 0.6 is 0 Å². The Bertz CT molecular complexity index is 867. The number of pyridine rings is 1. The molecule has 3 rings (SSSR count). The molecule has 2 heterocycles. The average Bonchev–Trinajstić information content (AvgIpc) is 3.06. The number of hydrogen-bond acceptors (Lipinski definition) is 5. The summed E-state index contributed by atoms with van der Waals surface area (Å²) >= 11 is 0. The Morgan fingerprint density at radius 3 is 2.23 bits per heavy atom. The van der Waals surface area contributed by atoms with Crippen molar-refractivity contribution in [2.24, 2.45) is 0 Å². The van der Waals surface area contributed by atoms with Gasteiger partial charge in [0, 0.05) is 23.6 Å². The predicted octanol–water partition coefficient (Wildman–Crippen LogP) is 4.12. The van der Waals surface area contributed by atoms with Crippen molar-refractivity contribution in [1.82, 2.24) is 9.38 Å². The lowest BCUT2D eigenvalue weighted by molar-refractivity contribution is -0.132. The van der Waals surface area contributed by atoms with Gasteiger partial charge in [-0.2, -0.15) is 0 Å². The number of methoxy groups -OCH3 is 1. The maximum atomic E-state index is 10.1. The minimum Gasteiger partial charge on any atom is -0.465 e. The standard InChI is InChI=1S/C14H13N3.C4H7NO2.C2H6/c1-10-2-7-14-16-13(9-17(14)8-10)11-3-5-12(15)6-4-11;1-3(5)4(6)7-2;1-2/h2-9H,15H2,1H3;5H,1-2H3;1-2H3. The molecule has 2 aromatic heterocycles. The van der Waals surface area contributed by atoms with Crippen LogP contribution in [-0.2, 0) is 9.53 Å². The minimum absolute atomic E-state index is 0.0671. The number of carbonyl (C=O) groups is 1. The summed E-state index contributed by atoms with van der Waals surface area (Å²) in [5, 5.41) is 6.63. The van der Waals surface area contributed by atoms with Crippen molar-refractivity contribution in [3.05, 3.63) is 54.4 Å². The van der Waals surface area contributed by atoms with Gasteiger partial charge in [0.2, 0.25) is 0 Å². The molecule has 0 spiro atoms. The van der Waals surface area contributed by atoms with E-state index < -0.39 is 5.97 Å². The van der Waals surface area contributed by atoms with E-state index in [2.05, 4.69) is 28.9 Å². The number of nitrogen functional groups attached to an aromatic ring is 1. The summed E-state index contributed by atoms with van der Waals surface area (Å²) in [5.41, 5.74) is 10.6. The van der Waals surface area contributed by atoms with E-state index in [0.717, 1.165) is 22.6 Å². The van der Waals surface area contributed by atoms with Gasteiger partial charge in [0.05, 0.1) is 12.8 Å². The number of nitrogens with one attached hydrogen (secondary N) is 1. The molecule has 0 aliphatic carbocycles. The summed E-state index contributed by atoms with van der Waals surface area (Å²) in [6, 6.07) is 11.9. The molecular formula is C20H26N4O2. The van der Waals surface area contributed by atoms with Gasteiger partial charge in [0.15, 0.2) is 0 Å². The molecule has 0 fully saturated rings. The molecule has 6 nitrogen and oxygen atoms in total. The Balaban J connectivity index is 0.000000321. The van der Waals surface area contributed by atoms with Crippen LogP contribution < -0.4 is 5.73 Å². The molecule has 3 aromatic rings. The number of benzene rings is 1. The summed E-state index contributed by atoms with van der Waals surface area (Å²) in [6.45, 7) is 7.45. The molecular weight excluding hydrogens is 328 g/mol. The van der Waals surface area contributed by atoms with Gasteiger partial charge in [-0.15, -0.1) is 0 Å². The highest BCUT2D eigenvalue weighted by molar-refractivity contribution is 6.33. The van der Waals surface area contributed by atoms with Crippen LogP contribution in [0.25, 0.3) is 16.9 Å². The van der Waals surface area contributed by atoms with E-state index in [-0.39, 0.29) is 5.71 Å². The number of carbonyl (C=O) groups excluding carboxylic acids is 1. The van der Waals surface area contributed by atoms with Crippen LogP contribution in [0.3, 0.4) is 0 Å². The first kappa shape index (κ1) is 20.9. The SMILES string of the molecule is CC.COC(=O)C(C)=N.Cc1ccc2nc(-c3ccc(N)cc3)cn2c1. The fourth-order valence-corrected chi connectivity index (χ4v) is 2.05. The Labute approximate surface area is 154 Å². The van der Waals surface area contributed by atoms with Gasteiger partial charge in [0.25, 0.3) is 0 Å². The topological polar surface area (TPSA) is 93.5 Å². The van der Waals surface area contributed by atoms with Crippen molar-refractivity contribution in [3.63, 3.8) is 0 Å². The maximum Gasteiger partial charge on any atom is 0.351 e. The number of aromatic nitrogens is 2. The number of aryl methyl sites for hydroxylation is 1. The van der Waals surface area contributed by atoms with Gasteiger partial charge >= 0.3 is 5.97 Å². The number of imidazole rings is 1. The second kappa shape index (κ2) is 9.98. The van der Waals surface area contributed by atoms with E-state index in [4.69, 9.17) is 11.1 Å². The van der Waals surface area contributed by atoms with E-state index in [1.165, 1.54) is 19.6 Å². The zero-order valence-corrected chi connectivity index (χ0v) is 15.9. The smallest absolute Gasteiger partial charge is 0.351 e. The second-order valence-corrected chi connectivity index (χ2v) is 5.34. The molecule has 0 amide bonds. The summed E-state index contributed by atoms with van der Waals surface area (Å²) < 4.78 is 6.19. The van der Waals surface area contributed by atoms with Gasteiger partial charge in [-0.05, 0) is 37.6 Å². The second-order valence-electron chi connectivity index (χ2n) is 5.34. The Hall–Kier alpha value is -3.15. The van der Waals surface area contributed by atoms with Crippen molar-refractivity contribution in [2.45, 2.75) is 27.7 Å². The molecule has 0 aliphatic heterocycles. The summed E-state index contributed by atoms with van der Waals surface area (Å²) in [5.74, 6) is -0.569. The number of fused-ring (bicyclic) bond motifs is 1. The van der Waals surface area contributed by atoms with Gasteiger partial charge in [-0.3, -0.25) is 5.41 Å². The van der Waals surface area contributed by atoms with Crippen LogP contribution in [0.4, 0.5) is 5.69 Å². The molecule has 0 aliphatic rings. The average molecular weight is 354 g/mol. The van der Waals surface area contributed by atoms with Crippen LogP contribution in [0.2, 0.25) is 0 Å². The minimum atomic E-state index is -0.569. The third-order valence-electron chi connectivity index (χ3n) is 3.30. The number of nitrogens with two attached hydrogens (primary N) is 1. The van der Waals surface area contributed by atoms with Gasteiger partial charge < -0.3 is 14.9 Å². The monoisotopic (exact) mass is 354 g/mol. The van der Waals surface area contributed by atoms with E-state index in [1.54, 1.807) is 0 Å². The molecule has 0 saturated heterocycles. The van der Waals surface area contributed by atoms with Crippen LogP contribution in [-0.4, -0.2) is 28.2 Å². The van der Waals surface area contributed by atoms with Crippen molar-refractivity contribution < 1.29 is 9.53 Å². The van der Waals surface area contributed by atoms with E-state index in [0.29, 0.717) is 0 Å². The highest BCUT2D eigenvalue weighted by Gasteiger charge is 2.03. The highest BCUT2D eigenvalue weighted by atomic mass is 16.5. The third kappa shape index (κ3) is 5.73. The van der Waals surface area contributed by atoms with Crippen LogP contribution in [0.1, 0.15) is 26.3 Å². The molecule has 3 N–H and O–H groups in total. The number of nitrogens with zero attached hydrogens (tertiary/aromatic N) is 2. The Morgan fingerprint density at radius 1 is 1.12 bits per heavy atom. The van der Waals surface area contributed by atoms with Gasteiger partial charge in [0.1, 0.15) is 11.4 Å². The summed E-state index contributed by atoms with van der Waals surface area (Å²) in [7, 11) is 1.25. The quantitative estimate of drug-likeness (QED) is 0.411. The molecule has 0 unspecified atom stereocenters. The first-order valence-electron chi connectivity index (χ1n) is 8.35. The fourth-order valence-electron chi connectivity index (χ4n) is 2.05. The van der Waals surface area contributed by atoms with Gasteiger partial charge in [-0.25, -0.2) is 9.78 Å². The molecule has 6 heteroatoms. The number of ether oxygens (including phenoxy) is 1. The molecule has 0 saturated carbocycles. The van der Waals surface area contributed by atoms with Crippen molar-refractivity contribution in [1.29, 1.82) is 5.41 Å². The molecule has 0 bridgehead atoms. The predicted molar refractivity (Wildman–Crippen MR) is 107 cm³/mol. The van der Waals surface area contributed by atoms with Crippen LogP contribution in [0, 0.1) is 12.3 Å². The van der Waals surface area contributed by atoms with Crippen molar-refractivity contribution >= 4 is 23.0 Å². The number of anilines is 1. The normalized spacial score (nSPS) is 9.42. The summed E-state index contributed by atoms with van der Waals surface area (Å²) in [6.07, 6.45) is 4.11. The fraction of sp³-hybridized carbons (Fsp3) is 0.250. The maximum absolute atomic E-state index is 10.1. The number of hydrogen-bond donors (Lipinski definition) is 2. The Morgan fingerprint density at radius 2 is 1.73 bits per heavy atom. The lowest BCUT2D eigenvalue weighted by Gasteiger charge is -1.96. The lowest BCUT2D eigenvalue weighted by Crippen LogP contribution is -2.09. The summed E-state index contributed by atoms with van der Waals surface area (Å²) in [4.78, 5) is 14.6. The van der Waals surface area contributed by atoms with E-state index in [1.807, 2.05) is 54.8 Å². The third-order valence-corrected chi connectivity index (χ3v) is 3.30. The Kier molecular flexibility index (Phi) is 8.02. The number of esters is 1.